The van der Waals surface area contributed by atoms with E-state index in [2.05, 4.69) is 10.6 Å². The molecule has 2 aromatic carbocycles. The Hall–Kier alpha value is -3.76. The normalized spacial score (nSPS) is 15.5. The molecule has 2 aromatic rings. The van der Waals surface area contributed by atoms with Crippen LogP contribution < -0.4 is 16.4 Å². The van der Waals surface area contributed by atoms with Crippen LogP contribution in [0.15, 0.2) is 60.7 Å². The summed E-state index contributed by atoms with van der Waals surface area (Å²) in [7, 11) is 2.92. The predicted octanol–water partition coefficient (Wildman–Crippen LogP) is 2.06. The molecular formula is C34H50N4O6. The molecule has 10 nitrogen and oxygen atoms in total. The number of nitrogens with zero attached hydrogens (tertiary/aromatic N) is 1. The van der Waals surface area contributed by atoms with Gasteiger partial charge in [0.1, 0.15) is 12.1 Å². The van der Waals surface area contributed by atoms with Crippen LogP contribution >= 0.6 is 0 Å². The van der Waals surface area contributed by atoms with Gasteiger partial charge in [0.2, 0.25) is 23.6 Å². The molecule has 0 bridgehead atoms. The first-order valence-corrected chi connectivity index (χ1v) is 15.3. The molecule has 0 aromatic heterocycles. The number of primary amides is 1. The van der Waals surface area contributed by atoms with Gasteiger partial charge in [-0.2, -0.15) is 0 Å². The zero-order chi connectivity index (χ0) is 33.0. The number of amides is 4. The molecule has 242 valence electrons. The number of likely N-dealkylation sites (N-methyl/N-ethyl adjacent to an activating group) is 2. The van der Waals surface area contributed by atoms with E-state index in [9.17, 15) is 29.4 Å². The van der Waals surface area contributed by atoms with Crippen molar-refractivity contribution < 1.29 is 29.4 Å². The number of aryl methyl sites for hydroxylation is 2. The minimum Gasteiger partial charge on any atom is -0.390 e. The molecule has 10 heteroatoms. The highest BCUT2D eigenvalue weighted by molar-refractivity contribution is 5.94. The first kappa shape index (κ1) is 36.4. The van der Waals surface area contributed by atoms with Gasteiger partial charge in [0, 0.05) is 14.1 Å². The van der Waals surface area contributed by atoms with E-state index >= 15 is 0 Å². The summed E-state index contributed by atoms with van der Waals surface area (Å²) in [6.45, 7) is 7.10. The van der Waals surface area contributed by atoms with Crippen molar-refractivity contribution in [1.29, 1.82) is 0 Å². The summed E-state index contributed by atoms with van der Waals surface area (Å²) in [5.41, 5.74) is 7.55. The second-order valence-electron chi connectivity index (χ2n) is 12.0. The number of aliphatic hydroxyl groups is 2. The molecule has 6 unspecified atom stereocenters. The number of rotatable bonds is 17. The largest absolute Gasteiger partial charge is 0.390 e. The van der Waals surface area contributed by atoms with E-state index in [0.717, 1.165) is 11.1 Å². The molecule has 0 spiro atoms. The number of nitrogens with two attached hydrogens (primary N) is 1. The minimum absolute atomic E-state index is 0.0822. The first-order valence-electron chi connectivity index (χ1n) is 15.3. The summed E-state index contributed by atoms with van der Waals surface area (Å²) in [5.74, 6) is -5.59. The third kappa shape index (κ3) is 9.62. The van der Waals surface area contributed by atoms with E-state index in [1.807, 2.05) is 60.7 Å². The lowest BCUT2D eigenvalue weighted by molar-refractivity contribution is -0.160. The summed E-state index contributed by atoms with van der Waals surface area (Å²) < 4.78 is 0. The molecule has 4 amide bonds. The first-order chi connectivity index (χ1) is 20.8. The highest BCUT2D eigenvalue weighted by atomic mass is 16.3. The molecule has 6 N–H and O–H groups in total. The van der Waals surface area contributed by atoms with Gasteiger partial charge in [0.25, 0.3) is 0 Å². The maximum absolute atomic E-state index is 14.7. The van der Waals surface area contributed by atoms with Gasteiger partial charge in [-0.15, -0.1) is 0 Å². The van der Waals surface area contributed by atoms with Crippen LogP contribution in [0.4, 0.5) is 0 Å². The van der Waals surface area contributed by atoms with Crippen LogP contribution in [0.25, 0.3) is 0 Å². The summed E-state index contributed by atoms with van der Waals surface area (Å²) in [6, 6.07) is 16.6. The molecule has 6 atom stereocenters. The zero-order valence-electron chi connectivity index (χ0n) is 26.8. The Morgan fingerprint density at radius 1 is 0.682 bits per heavy atom. The third-order valence-corrected chi connectivity index (χ3v) is 8.18. The van der Waals surface area contributed by atoms with Gasteiger partial charge in [0.05, 0.1) is 24.0 Å². The molecule has 0 fully saturated rings. The summed E-state index contributed by atoms with van der Waals surface area (Å²) in [4.78, 5) is 55.0. The van der Waals surface area contributed by atoms with Gasteiger partial charge >= 0.3 is 0 Å². The van der Waals surface area contributed by atoms with E-state index in [1.54, 1.807) is 27.7 Å². The van der Waals surface area contributed by atoms with E-state index in [-0.39, 0.29) is 12.8 Å². The van der Waals surface area contributed by atoms with E-state index in [4.69, 9.17) is 5.73 Å². The molecule has 0 saturated carbocycles. The van der Waals surface area contributed by atoms with Gasteiger partial charge < -0.3 is 31.5 Å². The Labute approximate surface area is 261 Å². The average Bonchev–Trinajstić information content (AvgIpc) is 3.00. The summed E-state index contributed by atoms with van der Waals surface area (Å²) in [5, 5.41) is 28.4. The summed E-state index contributed by atoms with van der Waals surface area (Å²) in [6.07, 6.45) is -2.36. The number of nitrogens with one attached hydrogen (secondary N) is 2. The Bertz CT molecular complexity index is 1180. The average molecular weight is 611 g/mol. The minimum atomic E-state index is -1.71. The van der Waals surface area contributed by atoms with Gasteiger partial charge in [-0.1, -0.05) is 88.4 Å². The number of hydrogen-bond acceptors (Lipinski definition) is 6. The maximum Gasteiger partial charge on any atom is 0.242 e. The summed E-state index contributed by atoms with van der Waals surface area (Å²) >= 11 is 0. The number of carbonyl (C=O) groups excluding carboxylic acids is 4. The monoisotopic (exact) mass is 610 g/mol. The second kappa shape index (κ2) is 17.5. The lowest BCUT2D eigenvalue weighted by Gasteiger charge is -2.43. The predicted molar refractivity (Wildman–Crippen MR) is 170 cm³/mol. The van der Waals surface area contributed by atoms with Crippen LogP contribution in [0.1, 0.15) is 51.7 Å². The Balaban J connectivity index is 2.60. The van der Waals surface area contributed by atoms with Gasteiger partial charge in [-0.25, -0.2) is 0 Å². The smallest absolute Gasteiger partial charge is 0.242 e. The van der Waals surface area contributed by atoms with Crippen LogP contribution in [0.5, 0.6) is 0 Å². The van der Waals surface area contributed by atoms with Crippen molar-refractivity contribution in [3.8, 4) is 0 Å². The Kier molecular flexibility index (Phi) is 14.5. The molecule has 0 heterocycles. The number of carbonyl (C=O) groups is 4. The fourth-order valence-corrected chi connectivity index (χ4v) is 5.77. The van der Waals surface area contributed by atoms with Crippen molar-refractivity contribution in [3.05, 3.63) is 71.8 Å². The molecule has 0 aliphatic heterocycles. The van der Waals surface area contributed by atoms with E-state index in [1.165, 1.54) is 19.0 Å². The topological polar surface area (TPSA) is 162 Å². The zero-order valence-corrected chi connectivity index (χ0v) is 26.8. The fourth-order valence-electron chi connectivity index (χ4n) is 5.77. The molecule has 0 aliphatic rings. The standard InChI is InChI=1S/C34H50N4O6/c1-21(2)27(32(42)36-5)38(28(22(3)4)33(43)37-6)34(44)26(20-18-24-15-11-8-12-16-24)30(40)29(39)25(31(35)41)19-17-23-13-9-7-10-14-23/h7-16,21-22,25-30,39-40H,17-20H2,1-6H3,(H2,35,41)(H,36,42)(H,37,43). The van der Waals surface area contributed by atoms with Crippen molar-refractivity contribution in [3.63, 3.8) is 0 Å². The maximum atomic E-state index is 14.7. The van der Waals surface area contributed by atoms with Gasteiger partial charge in [-0.3, -0.25) is 19.2 Å². The highest BCUT2D eigenvalue weighted by Gasteiger charge is 2.46. The van der Waals surface area contributed by atoms with Crippen LogP contribution in [-0.4, -0.2) is 77.1 Å². The Morgan fingerprint density at radius 3 is 1.39 bits per heavy atom. The fraction of sp³-hybridized carbons (Fsp3) is 0.529. The Morgan fingerprint density at radius 2 is 1.05 bits per heavy atom. The molecular weight excluding hydrogens is 560 g/mol. The molecule has 44 heavy (non-hydrogen) atoms. The van der Waals surface area contributed by atoms with E-state index < -0.39 is 71.6 Å². The van der Waals surface area contributed by atoms with Crippen molar-refractivity contribution >= 4 is 23.6 Å². The van der Waals surface area contributed by atoms with Gasteiger partial charge in [0.15, 0.2) is 0 Å². The van der Waals surface area contributed by atoms with Crippen LogP contribution in [0.3, 0.4) is 0 Å². The lowest BCUT2D eigenvalue weighted by Crippen LogP contribution is -2.63. The molecule has 0 saturated heterocycles. The highest BCUT2D eigenvalue weighted by Crippen LogP contribution is 2.29. The quantitative estimate of drug-likeness (QED) is 0.184. The van der Waals surface area contributed by atoms with Crippen LogP contribution in [-0.2, 0) is 32.0 Å². The lowest BCUT2D eigenvalue weighted by atomic mass is 9.81. The SMILES string of the molecule is CNC(=O)C(C(C)C)N(C(=O)C(CCc1ccccc1)C(O)C(O)C(CCc1ccccc1)C(N)=O)C(C(=O)NC)C(C)C. The second-order valence-corrected chi connectivity index (χ2v) is 12.0. The van der Waals surface area contributed by atoms with Gasteiger partial charge in [-0.05, 0) is 48.6 Å². The van der Waals surface area contributed by atoms with Crippen molar-refractivity contribution in [2.75, 3.05) is 14.1 Å². The molecule has 2 rings (SSSR count). The molecule has 0 radical (unpaired) electrons. The van der Waals surface area contributed by atoms with Crippen LogP contribution in [0.2, 0.25) is 0 Å². The number of aliphatic hydroxyl groups excluding tert-OH is 2. The van der Waals surface area contributed by atoms with Crippen molar-refractivity contribution in [2.24, 2.45) is 29.4 Å². The third-order valence-electron chi connectivity index (χ3n) is 8.18. The van der Waals surface area contributed by atoms with Crippen molar-refractivity contribution in [2.45, 2.75) is 77.7 Å². The van der Waals surface area contributed by atoms with E-state index in [0.29, 0.717) is 12.8 Å². The molecule has 0 aliphatic carbocycles. The number of hydrogen-bond donors (Lipinski definition) is 5. The van der Waals surface area contributed by atoms with Crippen molar-refractivity contribution in [1.82, 2.24) is 15.5 Å². The van der Waals surface area contributed by atoms with Crippen LogP contribution in [0, 0.1) is 23.7 Å². The number of benzene rings is 2.